The first-order valence-electron chi connectivity index (χ1n) is 7.83. The molecule has 2 heteroatoms. The standard InChI is InChI=1S/C19H22FN/c1-2-10-21-19(16-8-5-9-18(20)13-16)17-11-14-6-3-4-7-15(14)12-17/h3-9,13,17,19,21H,2,10-12H2,1H3. The van der Waals surface area contributed by atoms with Crippen molar-refractivity contribution in [2.45, 2.75) is 32.2 Å². The molecule has 0 heterocycles. The first-order chi connectivity index (χ1) is 10.3. The molecular formula is C19H22FN. The lowest BCUT2D eigenvalue weighted by molar-refractivity contribution is 0.373. The molecule has 1 unspecified atom stereocenters. The summed E-state index contributed by atoms with van der Waals surface area (Å²) in [5, 5.41) is 3.62. The molecule has 1 atom stereocenters. The third-order valence-corrected chi connectivity index (χ3v) is 4.38. The van der Waals surface area contributed by atoms with Gasteiger partial charge in [-0.05, 0) is 60.5 Å². The van der Waals surface area contributed by atoms with E-state index in [1.165, 1.54) is 17.2 Å². The predicted octanol–water partition coefficient (Wildman–Crippen LogP) is 4.28. The second-order valence-electron chi connectivity index (χ2n) is 5.92. The molecule has 0 aromatic heterocycles. The van der Waals surface area contributed by atoms with Gasteiger partial charge in [0.15, 0.2) is 0 Å². The van der Waals surface area contributed by atoms with Gasteiger partial charge in [0.25, 0.3) is 0 Å². The molecule has 0 saturated heterocycles. The molecule has 0 bridgehead atoms. The number of halogens is 1. The van der Waals surface area contributed by atoms with Gasteiger partial charge in [-0.25, -0.2) is 4.39 Å². The van der Waals surface area contributed by atoms with Gasteiger partial charge >= 0.3 is 0 Å². The number of fused-ring (bicyclic) bond motifs is 1. The highest BCUT2D eigenvalue weighted by atomic mass is 19.1. The first kappa shape index (κ1) is 14.3. The zero-order chi connectivity index (χ0) is 14.7. The maximum atomic E-state index is 13.6. The van der Waals surface area contributed by atoms with Crippen molar-refractivity contribution in [3.63, 3.8) is 0 Å². The van der Waals surface area contributed by atoms with Gasteiger partial charge in [-0.1, -0.05) is 43.3 Å². The summed E-state index contributed by atoms with van der Waals surface area (Å²) < 4.78 is 13.6. The number of hydrogen-bond acceptors (Lipinski definition) is 1. The molecule has 3 rings (SSSR count). The molecular weight excluding hydrogens is 261 g/mol. The van der Waals surface area contributed by atoms with Crippen LogP contribution in [0, 0.1) is 11.7 Å². The molecule has 2 aromatic rings. The van der Waals surface area contributed by atoms with Crippen LogP contribution in [0.15, 0.2) is 48.5 Å². The van der Waals surface area contributed by atoms with Crippen LogP contribution >= 0.6 is 0 Å². The van der Waals surface area contributed by atoms with E-state index in [4.69, 9.17) is 0 Å². The third-order valence-electron chi connectivity index (χ3n) is 4.38. The van der Waals surface area contributed by atoms with E-state index in [-0.39, 0.29) is 11.9 Å². The molecule has 0 radical (unpaired) electrons. The van der Waals surface area contributed by atoms with E-state index in [0.717, 1.165) is 31.4 Å². The van der Waals surface area contributed by atoms with Gasteiger partial charge < -0.3 is 5.32 Å². The van der Waals surface area contributed by atoms with Crippen molar-refractivity contribution in [3.8, 4) is 0 Å². The summed E-state index contributed by atoms with van der Waals surface area (Å²) in [6.07, 6.45) is 3.24. The van der Waals surface area contributed by atoms with Gasteiger partial charge in [-0.2, -0.15) is 0 Å². The minimum absolute atomic E-state index is 0.147. The maximum absolute atomic E-state index is 13.6. The Hall–Kier alpha value is -1.67. The lowest BCUT2D eigenvalue weighted by atomic mass is 9.90. The van der Waals surface area contributed by atoms with Gasteiger partial charge in [0, 0.05) is 6.04 Å². The fourth-order valence-electron chi connectivity index (χ4n) is 3.39. The van der Waals surface area contributed by atoms with Crippen molar-refractivity contribution >= 4 is 0 Å². The summed E-state index contributed by atoms with van der Waals surface area (Å²) in [6, 6.07) is 15.9. The highest BCUT2D eigenvalue weighted by Gasteiger charge is 2.29. The van der Waals surface area contributed by atoms with Crippen LogP contribution in [0.2, 0.25) is 0 Å². The molecule has 1 nitrogen and oxygen atoms in total. The van der Waals surface area contributed by atoms with Crippen LogP contribution in [-0.4, -0.2) is 6.54 Å². The van der Waals surface area contributed by atoms with Crippen molar-refractivity contribution < 1.29 is 4.39 Å². The smallest absolute Gasteiger partial charge is 0.123 e. The Balaban J connectivity index is 1.84. The summed E-state index contributed by atoms with van der Waals surface area (Å²) in [4.78, 5) is 0. The number of hydrogen-bond donors (Lipinski definition) is 1. The minimum Gasteiger partial charge on any atom is -0.310 e. The zero-order valence-corrected chi connectivity index (χ0v) is 12.5. The molecule has 1 aliphatic rings. The first-order valence-corrected chi connectivity index (χ1v) is 7.83. The van der Waals surface area contributed by atoms with E-state index in [9.17, 15) is 4.39 Å². The number of nitrogens with one attached hydrogen (secondary N) is 1. The Morgan fingerprint density at radius 3 is 2.43 bits per heavy atom. The normalized spacial score (nSPS) is 15.9. The van der Waals surface area contributed by atoms with Crippen molar-refractivity contribution in [3.05, 3.63) is 71.0 Å². The summed E-state index contributed by atoms with van der Waals surface area (Å²) in [7, 11) is 0. The molecule has 1 N–H and O–H groups in total. The molecule has 0 saturated carbocycles. The Labute approximate surface area is 126 Å². The van der Waals surface area contributed by atoms with Crippen LogP contribution in [0.25, 0.3) is 0 Å². The highest BCUT2D eigenvalue weighted by molar-refractivity contribution is 5.34. The van der Waals surface area contributed by atoms with Gasteiger partial charge in [0.1, 0.15) is 5.82 Å². The van der Waals surface area contributed by atoms with E-state index >= 15 is 0 Å². The Bertz CT molecular complexity index is 583. The van der Waals surface area contributed by atoms with Crippen LogP contribution in [0.1, 0.15) is 36.1 Å². The average molecular weight is 283 g/mol. The Kier molecular flexibility index (Phi) is 4.35. The van der Waals surface area contributed by atoms with E-state index in [0.29, 0.717) is 5.92 Å². The van der Waals surface area contributed by atoms with E-state index in [2.05, 4.69) is 36.5 Å². The monoisotopic (exact) mass is 283 g/mol. The highest BCUT2D eigenvalue weighted by Crippen LogP contribution is 2.35. The Morgan fingerprint density at radius 2 is 1.81 bits per heavy atom. The predicted molar refractivity (Wildman–Crippen MR) is 84.8 cm³/mol. The molecule has 1 aliphatic carbocycles. The summed E-state index contributed by atoms with van der Waals surface area (Å²) >= 11 is 0. The molecule has 110 valence electrons. The summed E-state index contributed by atoms with van der Waals surface area (Å²) in [5.41, 5.74) is 3.96. The van der Waals surface area contributed by atoms with E-state index in [1.54, 1.807) is 6.07 Å². The van der Waals surface area contributed by atoms with Gasteiger partial charge in [-0.3, -0.25) is 0 Å². The molecule has 0 fully saturated rings. The molecule has 21 heavy (non-hydrogen) atoms. The van der Waals surface area contributed by atoms with Crippen LogP contribution in [0.5, 0.6) is 0 Å². The quantitative estimate of drug-likeness (QED) is 0.863. The number of rotatable bonds is 5. The van der Waals surface area contributed by atoms with Crippen molar-refractivity contribution in [2.24, 2.45) is 5.92 Å². The van der Waals surface area contributed by atoms with Crippen molar-refractivity contribution in [1.82, 2.24) is 5.32 Å². The van der Waals surface area contributed by atoms with Crippen molar-refractivity contribution in [2.75, 3.05) is 6.54 Å². The topological polar surface area (TPSA) is 12.0 Å². The second-order valence-corrected chi connectivity index (χ2v) is 5.92. The summed E-state index contributed by atoms with van der Waals surface area (Å²) in [6.45, 7) is 3.13. The van der Waals surface area contributed by atoms with Gasteiger partial charge in [0.05, 0.1) is 0 Å². The van der Waals surface area contributed by atoms with Crippen LogP contribution < -0.4 is 5.32 Å². The molecule has 0 aliphatic heterocycles. The van der Waals surface area contributed by atoms with Gasteiger partial charge in [0.2, 0.25) is 0 Å². The Morgan fingerprint density at radius 1 is 1.10 bits per heavy atom. The van der Waals surface area contributed by atoms with Crippen LogP contribution in [-0.2, 0) is 12.8 Å². The summed E-state index contributed by atoms with van der Waals surface area (Å²) in [5.74, 6) is 0.363. The lowest BCUT2D eigenvalue weighted by Gasteiger charge is -2.25. The maximum Gasteiger partial charge on any atom is 0.123 e. The fourth-order valence-corrected chi connectivity index (χ4v) is 3.39. The minimum atomic E-state index is -0.147. The van der Waals surface area contributed by atoms with Crippen LogP contribution in [0.4, 0.5) is 4.39 Å². The zero-order valence-electron chi connectivity index (χ0n) is 12.5. The van der Waals surface area contributed by atoms with Crippen LogP contribution in [0.3, 0.4) is 0 Å². The number of benzene rings is 2. The van der Waals surface area contributed by atoms with E-state index in [1.807, 2.05) is 12.1 Å². The average Bonchev–Trinajstić information content (AvgIpc) is 2.91. The molecule has 2 aromatic carbocycles. The SMILES string of the molecule is CCCNC(c1cccc(F)c1)C1Cc2ccccc2C1. The largest absolute Gasteiger partial charge is 0.310 e. The van der Waals surface area contributed by atoms with Crippen molar-refractivity contribution in [1.29, 1.82) is 0 Å². The second kappa shape index (κ2) is 6.40. The molecule has 0 amide bonds. The molecule has 0 spiro atoms. The third kappa shape index (κ3) is 3.16. The van der Waals surface area contributed by atoms with E-state index < -0.39 is 0 Å². The van der Waals surface area contributed by atoms with Gasteiger partial charge in [-0.15, -0.1) is 0 Å². The lowest BCUT2D eigenvalue weighted by Crippen LogP contribution is -2.29. The fraction of sp³-hybridized carbons (Fsp3) is 0.368.